The zero-order chi connectivity index (χ0) is 12.0. The molecule has 88 valence electrons. The largest absolute Gasteiger partial charge is 0.469 e. The second-order valence-corrected chi connectivity index (χ2v) is 3.87. The second kappa shape index (κ2) is 6.28. The summed E-state index contributed by atoms with van der Waals surface area (Å²) in [6, 6.07) is 6.34. The number of rotatable bonds is 5. The Labute approximate surface area is 96.8 Å². The van der Waals surface area contributed by atoms with Crippen molar-refractivity contribution >= 4 is 5.97 Å². The van der Waals surface area contributed by atoms with Gasteiger partial charge in [0.25, 0.3) is 0 Å². The summed E-state index contributed by atoms with van der Waals surface area (Å²) in [5, 5.41) is 3.12. The van der Waals surface area contributed by atoms with Crippen LogP contribution in [0.15, 0.2) is 18.2 Å². The zero-order valence-corrected chi connectivity index (χ0v) is 10.2. The number of nitrogens with one attached hydrogen (secondary N) is 1. The van der Waals surface area contributed by atoms with Gasteiger partial charge in [-0.15, -0.1) is 0 Å². The topological polar surface area (TPSA) is 38.3 Å². The number of carbonyl (C=O) groups excluding carboxylic acids is 1. The number of esters is 1. The Kier molecular flexibility index (Phi) is 4.99. The summed E-state index contributed by atoms with van der Waals surface area (Å²) >= 11 is 0. The Balaban J connectivity index is 2.64. The lowest BCUT2D eigenvalue weighted by Gasteiger charge is -2.07. The molecular weight excluding hydrogens is 202 g/mol. The Hall–Kier alpha value is -1.35. The normalized spacial score (nSPS) is 10.2. The number of hydrogen-bond acceptors (Lipinski definition) is 3. The Bertz CT molecular complexity index is 361. The maximum absolute atomic E-state index is 11.0. The van der Waals surface area contributed by atoms with Gasteiger partial charge in [-0.05, 0) is 37.1 Å². The number of ether oxygens (including phenoxy) is 1. The fraction of sp³-hybridized carbons (Fsp3) is 0.462. The van der Waals surface area contributed by atoms with E-state index in [0.29, 0.717) is 6.42 Å². The second-order valence-electron chi connectivity index (χ2n) is 3.87. The molecular formula is C13H19NO2. The van der Waals surface area contributed by atoms with Crippen molar-refractivity contribution in [1.29, 1.82) is 0 Å². The van der Waals surface area contributed by atoms with Gasteiger partial charge >= 0.3 is 5.97 Å². The summed E-state index contributed by atoms with van der Waals surface area (Å²) in [5.74, 6) is -0.154. The van der Waals surface area contributed by atoms with E-state index in [1.165, 1.54) is 23.8 Å². The lowest BCUT2D eigenvalue weighted by molar-refractivity contribution is -0.140. The molecule has 1 N–H and O–H groups in total. The van der Waals surface area contributed by atoms with Gasteiger partial charge in [0.1, 0.15) is 0 Å². The van der Waals surface area contributed by atoms with E-state index in [9.17, 15) is 4.79 Å². The van der Waals surface area contributed by atoms with Crippen LogP contribution < -0.4 is 5.32 Å². The molecule has 0 radical (unpaired) electrons. The van der Waals surface area contributed by atoms with Gasteiger partial charge in [0.05, 0.1) is 7.11 Å². The summed E-state index contributed by atoms with van der Waals surface area (Å²) in [4.78, 5) is 11.0. The molecule has 1 aromatic rings. The fourth-order valence-electron chi connectivity index (χ4n) is 1.69. The molecule has 0 atom stereocenters. The van der Waals surface area contributed by atoms with Crippen LogP contribution in [0.2, 0.25) is 0 Å². The van der Waals surface area contributed by atoms with Crippen molar-refractivity contribution in [2.75, 3.05) is 14.2 Å². The van der Waals surface area contributed by atoms with Crippen LogP contribution in [0.5, 0.6) is 0 Å². The average molecular weight is 221 g/mol. The van der Waals surface area contributed by atoms with E-state index in [1.807, 2.05) is 7.05 Å². The van der Waals surface area contributed by atoms with Gasteiger partial charge in [0.15, 0.2) is 0 Å². The summed E-state index contributed by atoms with van der Waals surface area (Å²) in [5.41, 5.74) is 3.71. The number of aryl methyl sites for hydroxylation is 2. The van der Waals surface area contributed by atoms with E-state index >= 15 is 0 Å². The number of methoxy groups -OCH3 is 1. The molecule has 0 heterocycles. The van der Waals surface area contributed by atoms with Crippen LogP contribution in [-0.2, 0) is 22.5 Å². The third-order valence-corrected chi connectivity index (χ3v) is 2.61. The maximum atomic E-state index is 11.0. The van der Waals surface area contributed by atoms with E-state index in [2.05, 4.69) is 35.2 Å². The van der Waals surface area contributed by atoms with Crippen molar-refractivity contribution in [2.24, 2.45) is 0 Å². The molecule has 0 spiro atoms. The highest BCUT2D eigenvalue weighted by Crippen LogP contribution is 2.13. The summed E-state index contributed by atoms with van der Waals surface area (Å²) in [6.45, 7) is 2.95. The fourth-order valence-corrected chi connectivity index (χ4v) is 1.69. The van der Waals surface area contributed by atoms with Crippen LogP contribution in [0.1, 0.15) is 23.1 Å². The first-order chi connectivity index (χ1) is 7.67. The van der Waals surface area contributed by atoms with E-state index < -0.39 is 0 Å². The van der Waals surface area contributed by atoms with Crippen molar-refractivity contribution in [3.63, 3.8) is 0 Å². The first-order valence-electron chi connectivity index (χ1n) is 5.47. The number of hydrogen-bond donors (Lipinski definition) is 1. The van der Waals surface area contributed by atoms with Crippen LogP contribution in [0.25, 0.3) is 0 Å². The summed E-state index contributed by atoms with van der Waals surface area (Å²) in [7, 11) is 3.35. The lowest BCUT2D eigenvalue weighted by Crippen LogP contribution is -2.06. The van der Waals surface area contributed by atoms with Crippen LogP contribution in [0, 0.1) is 6.92 Å². The van der Waals surface area contributed by atoms with Gasteiger partial charge in [-0.3, -0.25) is 4.79 Å². The summed E-state index contributed by atoms with van der Waals surface area (Å²) < 4.78 is 4.63. The SMILES string of the molecule is CNCc1ccc(CCC(=O)OC)c(C)c1. The van der Waals surface area contributed by atoms with Gasteiger partial charge in [0, 0.05) is 13.0 Å². The van der Waals surface area contributed by atoms with Crippen LogP contribution in [0.3, 0.4) is 0 Å². The molecule has 0 aliphatic carbocycles. The Morgan fingerprint density at radius 1 is 1.44 bits per heavy atom. The molecule has 0 aliphatic heterocycles. The third kappa shape index (κ3) is 3.66. The molecule has 3 heteroatoms. The lowest BCUT2D eigenvalue weighted by atomic mass is 10.0. The van der Waals surface area contributed by atoms with Crippen molar-refractivity contribution in [1.82, 2.24) is 5.32 Å². The molecule has 3 nitrogen and oxygen atoms in total. The minimum atomic E-state index is -0.154. The first kappa shape index (κ1) is 12.7. The number of benzene rings is 1. The van der Waals surface area contributed by atoms with E-state index in [0.717, 1.165) is 13.0 Å². The molecule has 0 fully saturated rings. The number of carbonyl (C=O) groups is 1. The minimum Gasteiger partial charge on any atom is -0.469 e. The minimum absolute atomic E-state index is 0.154. The van der Waals surface area contributed by atoms with Crippen molar-refractivity contribution in [2.45, 2.75) is 26.3 Å². The van der Waals surface area contributed by atoms with E-state index in [4.69, 9.17) is 0 Å². The van der Waals surface area contributed by atoms with Crippen LogP contribution in [-0.4, -0.2) is 20.1 Å². The monoisotopic (exact) mass is 221 g/mol. The summed E-state index contributed by atoms with van der Waals surface area (Å²) in [6.07, 6.45) is 1.20. The highest BCUT2D eigenvalue weighted by atomic mass is 16.5. The molecule has 0 bridgehead atoms. The first-order valence-corrected chi connectivity index (χ1v) is 5.47. The maximum Gasteiger partial charge on any atom is 0.305 e. The quantitative estimate of drug-likeness (QED) is 0.771. The molecule has 0 aliphatic rings. The molecule has 16 heavy (non-hydrogen) atoms. The van der Waals surface area contributed by atoms with Gasteiger partial charge in [-0.2, -0.15) is 0 Å². The highest BCUT2D eigenvalue weighted by molar-refractivity contribution is 5.69. The van der Waals surface area contributed by atoms with E-state index in [1.54, 1.807) is 0 Å². The van der Waals surface area contributed by atoms with Crippen LogP contribution in [0.4, 0.5) is 0 Å². The molecule has 0 unspecified atom stereocenters. The van der Waals surface area contributed by atoms with Crippen LogP contribution >= 0.6 is 0 Å². The third-order valence-electron chi connectivity index (χ3n) is 2.61. The molecule has 1 rings (SSSR count). The van der Waals surface area contributed by atoms with Crippen molar-refractivity contribution in [3.05, 3.63) is 34.9 Å². The Morgan fingerprint density at radius 3 is 2.75 bits per heavy atom. The smallest absolute Gasteiger partial charge is 0.305 e. The standard InChI is InChI=1S/C13H19NO2/c1-10-8-11(9-14-2)4-5-12(10)6-7-13(15)16-3/h4-5,8,14H,6-7,9H2,1-3H3. The van der Waals surface area contributed by atoms with Crippen molar-refractivity contribution in [3.8, 4) is 0 Å². The predicted molar refractivity (Wildman–Crippen MR) is 64.3 cm³/mol. The van der Waals surface area contributed by atoms with Gasteiger partial charge in [-0.1, -0.05) is 18.2 Å². The van der Waals surface area contributed by atoms with E-state index in [-0.39, 0.29) is 5.97 Å². The molecule has 0 aromatic heterocycles. The Morgan fingerprint density at radius 2 is 2.19 bits per heavy atom. The van der Waals surface area contributed by atoms with Gasteiger partial charge in [0.2, 0.25) is 0 Å². The molecule has 1 aromatic carbocycles. The highest BCUT2D eigenvalue weighted by Gasteiger charge is 2.04. The van der Waals surface area contributed by atoms with Crippen molar-refractivity contribution < 1.29 is 9.53 Å². The molecule has 0 saturated carbocycles. The predicted octanol–water partition coefficient (Wildman–Crippen LogP) is 1.82. The van der Waals surface area contributed by atoms with Gasteiger partial charge in [-0.25, -0.2) is 0 Å². The zero-order valence-electron chi connectivity index (χ0n) is 10.2. The molecule has 0 saturated heterocycles. The molecule has 0 amide bonds. The van der Waals surface area contributed by atoms with Gasteiger partial charge < -0.3 is 10.1 Å². The average Bonchev–Trinajstić information content (AvgIpc) is 2.28.